The molecule has 0 aliphatic rings. The molecule has 3 nitrogen and oxygen atoms in total. The van der Waals surface area contributed by atoms with Gasteiger partial charge in [-0.1, -0.05) is 27.2 Å². The zero-order valence-electron chi connectivity index (χ0n) is 11.8. The summed E-state index contributed by atoms with van der Waals surface area (Å²) >= 11 is 0. The van der Waals surface area contributed by atoms with E-state index in [1.54, 1.807) is 0 Å². The van der Waals surface area contributed by atoms with Crippen LogP contribution in [0.4, 0.5) is 0 Å². The summed E-state index contributed by atoms with van der Waals surface area (Å²) in [6.07, 6.45) is 5.02. The highest BCUT2D eigenvalue weighted by Crippen LogP contribution is 1.97. The first-order chi connectivity index (χ1) is 8.24. The summed E-state index contributed by atoms with van der Waals surface area (Å²) in [5, 5.41) is 0. The molecule has 0 unspecified atom stereocenters. The smallest absolute Gasteiger partial charge is 0.149 e. The second-order valence-electron chi connectivity index (χ2n) is 4.53. The molecule has 0 fully saturated rings. The topological polar surface area (TPSA) is 29.5 Å². The van der Waals surface area contributed by atoms with Gasteiger partial charge in [-0.05, 0) is 32.4 Å². The number of unbranched alkanes of at least 4 members (excludes halogenated alkanes) is 1. The lowest BCUT2D eigenvalue weighted by atomic mass is 10.2. The maximum absolute atomic E-state index is 11.7. The van der Waals surface area contributed by atoms with Gasteiger partial charge in [0.05, 0.1) is 13.2 Å². The second-order valence-corrected chi connectivity index (χ2v) is 4.53. The quantitative estimate of drug-likeness (QED) is 0.494. The summed E-state index contributed by atoms with van der Waals surface area (Å²) in [7, 11) is 0. The van der Waals surface area contributed by atoms with Crippen LogP contribution >= 0.6 is 0 Å². The average Bonchev–Trinajstić information content (AvgIpc) is 2.29. The molecule has 102 valence electrons. The lowest BCUT2D eigenvalue weighted by molar-refractivity contribution is -0.121. The number of nitrogens with zero attached hydrogens (tertiary/aromatic N) is 1. The first-order valence-electron chi connectivity index (χ1n) is 7.06. The molecule has 0 saturated carbocycles. The van der Waals surface area contributed by atoms with Crippen molar-refractivity contribution in [2.45, 2.75) is 52.9 Å². The third-order valence-corrected chi connectivity index (χ3v) is 2.65. The molecule has 0 saturated heterocycles. The molecule has 17 heavy (non-hydrogen) atoms. The van der Waals surface area contributed by atoms with Crippen LogP contribution in [0.1, 0.15) is 52.9 Å². The fraction of sp³-hybridized carbons (Fsp3) is 0.929. The van der Waals surface area contributed by atoms with Crippen molar-refractivity contribution in [1.82, 2.24) is 4.90 Å². The molecular formula is C14H29NO2. The van der Waals surface area contributed by atoms with Crippen LogP contribution in [0.2, 0.25) is 0 Å². The normalized spacial score (nSPS) is 11.1. The minimum Gasteiger partial charge on any atom is -0.381 e. The number of hydrogen-bond donors (Lipinski definition) is 0. The van der Waals surface area contributed by atoms with E-state index >= 15 is 0 Å². The number of carbonyl (C=O) groups excluding carboxylic acids is 1. The monoisotopic (exact) mass is 243 g/mol. The minimum absolute atomic E-state index is 0.309. The summed E-state index contributed by atoms with van der Waals surface area (Å²) < 4.78 is 5.41. The predicted molar refractivity (Wildman–Crippen MR) is 72.4 cm³/mol. The second kappa shape index (κ2) is 12.1. The molecule has 0 N–H and O–H groups in total. The molecule has 0 rings (SSSR count). The zero-order chi connectivity index (χ0) is 12.9. The SMILES string of the molecule is CCCCOCCC(=O)CN(CCC)CCC. The number of hydrogen-bond acceptors (Lipinski definition) is 3. The van der Waals surface area contributed by atoms with Crippen LogP contribution in [0.3, 0.4) is 0 Å². The van der Waals surface area contributed by atoms with Crippen molar-refractivity contribution in [1.29, 1.82) is 0 Å². The maximum Gasteiger partial charge on any atom is 0.149 e. The lowest BCUT2D eigenvalue weighted by Gasteiger charge is -2.19. The standard InChI is InChI=1S/C14H29NO2/c1-4-7-11-17-12-8-14(16)13-15(9-5-2)10-6-3/h4-13H2,1-3H3. The van der Waals surface area contributed by atoms with E-state index in [4.69, 9.17) is 4.74 Å². The highest BCUT2D eigenvalue weighted by Gasteiger charge is 2.08. The van der Waals surface area contributed by atoms with Gasteiger partial charge in [0, 0.05) is 13.0 Å². The highest BCUT2D eigenvalue weighted by molar-refractivity contribution is 5.80. The van der Waals surface area contributed by atoms with Crippen LogP contribution in [0.15, 0.2) is 0 Å². The van der Waals surface area contributed by atoms with E-state index in [1.807, 2.05) is 0 Å². The van der Waals surface area contributed by atoms with E-state index in [9.17, 15) is 4.79 Å². The molecule has 0 atom stereocenters. The Bertz CT molecular complexity index is 177. The van der Waals surface area contributed by atoms with Crippen molar-refractivity contribution in [3.8, 4) is 0 Å². The van der Waals surface area contributed by atoms with E-state index < -0.39 is 0 Å². The molecule has 0 radical (unpaired) electrons. The third kappa shape index (κ3) is 10.5. The van der Waals surface area contributed by atoms with Gasteiger partial charge in [-0.2, -0.15) is 0 Å². The van der Waals surface area contributed by atoms with Gasteiger partial charge in [0.1, 0.15) is 5.78 Å². The van der Waals surface area contributed by atoms with Crippen molar-refractivity contribution < 1.29 is 9.53 Å². The third-order valence-electron chi connectivity index (χ3n) is 2.65. The maximum atomic E-state index is 11.7. The molecule has 0 aliphatic heterocycles. The summed E-state index contributed by atoms with van der Waals surface area (Å²) in [5.74, 6) is 0.309. The fourth-order valence-electron chi connectivity index (χ4n) is 1.77. The molecule has 0 heterocycles. The summed E-state index contributed by atoms with van der Waals surface area (Å²) in [4.78, 5) is 14.0. The van der Waals surface area contributed by atoms with E-state index in [2.05, 4.69) is 25.7 Å². The Morgan fingerprint density at radius 1 is 1.00 bits per heavy atom. The van der Waals surface area contributed by atoms with Crippen molar-refractivity contribution >= 4 is 5.78 Å². The van der Waals surface area contributed by atoms with E-state index in [0.717, 1.165) is 45.4 Å². The number of Topliss-reactive ketones (excluding diaryl/α,β-unsaturated/α-hetero) is 1. The van der Waals surface area contributed by atoms with Gasteiger partial charge in [-0.25, -0.2) is 0 Å². The van der Waals surface area contributed by atoms with Gasteiger partial charge >= 0.3 is 0 Å². The molecular weight excluding hydrogens is 214 g/mol. The Morgan fingerprint density at radius 2 is 1.65 bits per heavy atom. The molecule has 0 aliphatic carbocycles. The Kier molecular flexibility index (Phi) is 11.8. The van der Waals surface area contributed by atoms with E-state index in [-0.39, 0.29) is 0 Å². The molecule has 0 aromatic carbocycles. The van der Waals surface area contributed by atoms with Crippen LogP contribution in [-0.4, -0.2) is 43.5 Å². The molecule has 0 spiro atoms. The Balaban J connectivity index is 3.59. The van der Waals surface area contributed by atoms with Crippen LogP contribution in [-0.2, 0) is 9.53 Å². The van der Waals surface area contributed by atoms with Crippen LogP contribution in [0.25, 0.3) is 0 Å². The summed E-state index contributed by atoms with van der Waals surface area (Å²) in [6, 6.07) is 0. The fourth-order valence-corrected chi connectivity index (χ4v) is 1.77. The number of ether oxygens (including phenoxy) is 1. The van der Waals surface area contributed by atoms with Gasteiger partial charge in [-0.15, -0.1) is 0 Å². The van der Waals surface area contributed by atoms with Crippen LogP contribution in [0, 0.1) is 0 Å². The van der Waals surface area contributed by atoms with Crippen molar-refractivity contribution in [3.63, 3.8) is 0 Å². The Morgan fingerprint density at radius 3 is 2.18 bits per heavy atom. The van der Waals surface area contributed by atoms with Crippen molar-refractivity contribution in [2.24, 2.45) is 0 Å². The molecule has 0 aromatic heterocycles. The van der Waals surface area contributed by atoms with Gasteiger partial charge in [0.25, 0.3) is 0 Å². The Labute approximate surface area is 107 Å². The first kappa shape index (κ1) is 16.6. The zero-order valence-corrected chi connectivity index (χ0v) is 11.8. The van der Waals surface area contributed by atoms with Crippen LogP contribution in [0.5, 0.6) is 0 Å². The largest absolute Gasteiger partial charge is 0.381 e. The van der Waals surface area contributed by atoms with Crippen molar-refractivity contribution in [2.75, 3.05) is 32.8 Å². The molecule has 3 heteroatoms. The average molecular weight is 243 g/mol. The lowest BCUT2D eigenvalue weighted by Crippen LogP contribution is -2.31. The van der Waals surface area contributed by atoms with Gasteiger partial charge in [0.15, 0.2) is 0 Å². The van der Waals surface area contributed by atoms with Crippen molar-refractivity contribution in [3.05, 3.63) is 0 Å². The molecule has 0 amide bonds. The van der Waals surface area contributed by atoms with Crippen LogP contribution < -0.4 is 0 Å². The molecule has 0 bridgehead atoms. The van der Waals surface area contributed by atoms with Gasteiger partial charge < -0.3 is 4.74 Å². The molecule has 0 aromatic rings. The number of ketones is 1. The minimum atomic E-state index is 0.309. The van der Waals surface area contributed by atoms with E-state index in [1.165, 1.54) is 0 Å². The number of rotatable bonds is 12. The first-order valence-corrected chi connectivity index (χ1v) is 7.06. The summed E-state index contributed by atoms with van der Waals surface area (Å²) in [6.45, 7) is 10.5. The highest BCUT2D eigenvalue weighted by atomic mass is 16.5. The Hall–Kier alpha value is -0.410. The number of carbonyl (C=O) groups is 1. The van der Waals surface area contributed by atoms with E-state index in [0.29, 0.717) is 25.4 Å². The summed E-state index contributed by atoms with van der Waals surface area (Å²) in [5.41, 5.74) is 0. The van der Waals surface area contributed by atoms with Gasteiger partial charge in [-0.3, -0.25) is 9.69 Å². The van der Waals surface area contributed by atoms with Gasteiger partial charge in [0.2, 0.25) is 0 Å². The predicted octanol–water partition coefficient (Wildman–Crippen LogP) is 2.88.